The van der Waals surface area contributed by atoms with E-state index in [-0.39, 0.29) is 35.9 Å². The van der Waals surface area contributed by atoms with Gasteiger partial charge in [-0.1, -0.05) is 0 Å². The largest absolute Gasteiger partial charge is 0.495 e. The predicted molar refractivity (Wildman–Crippen MR) is 129 cm³/mol. The van der Waals surface area contributed by atoms with Gasteiger partial charge in [-0.2, -0.15) is 0 Å². The van der Waals surface area contributed by atoms with E-state index >= 15 is 0 Å². The number of halogens is 1. The molecule has 0 saturated carbocycles. The summed E-state index contributed by atoms with van der Waals surface area (Å²) in [5.74, 6) is 0.206. The molecule has 0 amide bonds. The fourth-order valence-corrected chi connectivity index (χ4v) is 3.73. The molecule has 7 nitrogen and oxygen atoms in total. The van der Waals surface area contributed by atoms with E-state index in [1.807, 2.05) is 0 Å². The van der Waals surface area contributed by atoms with E-state index in [1.54, 1.807) is 72.7 Å². The molecule has 4 aromatic rings. The number of nitrogens with zero attached hydrogens (tertiary/aromatic N) is 3. The van der Waals surface area contributed by atoms with Crippen molar-refractivity contribution in [3.63, 3.8) is 0 Å². The number of rotatable bonds is 9. The second-order valence-electron chi connectivity index (χ2n) is 7.91. The molecule has 0 fully saturated rings. The van der Waals surface area contributed by atoms with E-state index in [9.17, 15) is 14.0 Å². The normalized spacial score (nSPS) is 10.7. The molecule has 0 saturated heterocycles. The number of methoxy groups -OCH3 is 2. The first-order valence-corrected chi connectivity index (χ1v) is 11.0. The van der Waals surface area contributed by atoms with Crippen molar-refractivity contribution in [3.8, 4) is 28.4 Å². The Balaban J connectivity index is 1.50. The first-order valence-electron chi connectivity index (χ1n) is 11.0. The molecule has 0 N–H and O–H groups in total. The molecule has 0 radical (unpaired) electrons. The summed E-state index contributed by atoms with van der Waals surface area (Å²) in [7, 11) is 3.03. The highest BCUT2D eigenvalue weighted by Crippen LogP contribution is 2.30. The second-order valence-corrected chi connectivity index (χ2v) is 7.91. The topological polar surface area (TPSA) is 83.3 Å². The number of Topliss-reactive ketones (excluding diaryl/α,β-unsaturated/α-hetero) is 2. The highest BCUT2D eigenvalue weighted by atomic mass is 19.1. The quantitative estimate of drug-likeness (QED) is 0.309. The van der Waals surface area contributed by atoms with Crippen LogP contribution in [0, 0.1) is 12.7 Å². The number of carbonyl (C=O) groups is 2. The van der Waals surface area contributed by atoms with Crippen LogP contribution in [0.3, 0.4) is 0 Å². The van der Waals surface area contributed by atoms with Gasteiger partial charge in [0.05, 0.1) is 26.2 Å². The number of benzene rings is 2. The van der Waals surface area contributed by atoms with Crippen LogP contribution in [0.5, 0.6) is 11.5 Å². The van der Waals surface area contributed by atoms with Crippen molar-refractivity contribution in [1.29, 1.82) is 0 Å². The van der Waals surface area contributed by atoms with Gasteiger partial charge in [0.2, 0.25) is 0 Å². The zero-order valence-electron chi connectivity index (χ0n) is 19.6. The number of ether oxygens (including phenoxy) is 2. The number of carbonyl (C=O) groups excluding carboxylic acids is 2. The Morgan fingerprint density at radius 3 is 2.40 bits per heavy atom. The minimum Gasteiger partial charge on any atom is -0.495 e. The van der Waals surface area contributed by atoms with Crippen LogP contribution in [-0.2, 0) is 0 Å². The van der Waals surface area contributed by atoms with E-state index in [0.717, 1.165) is 5.69 Å². The van der Waals surface area contributed by atoms with E-state index in [4.69, 9.17) is 9.47 Å². The zero-order chi connectivity index (χ0) is 24.9. The van der Waals surface area contributed by atoms with Gasteiger partial charge in [-0.15, -0.1) is 0 Å². The van der Waals surface area contributed by atoms with Crippen molar-refractivity contribution in [3.05, 3.63) is 89.9 Å². The summed E-state index contributed by atoms with van der Waals surface area (Å²) in [6.45, 7) is 1.66. The Bertz CT molecular complexity index is 1380. The van der Waals surface area contributed by atoms with Gasteiger partial charge in [0.25, 0.3) is 0 Å². The molecule has 35 heavy (non-hydrogen) atoms. The van der Waals surface area contributed by atoms with Crippen LogP contribution < -0.4 is 9.47 Å². The molecular formula is C27H24FN3O4. The molecule has 4 rings (SSSR count). The molecule has 0 aliphatic heterocycles. The Hall–Kier alpha value is -4.33. The molecule has 2 aromatic heterocycles. The van der Waals surface area contributed by atoms with Crippen molar-refractivity contribution in [1.82, 2.24) is 14.5 Å². The highest BCUT2D eigenvalue weighted by molar-refractivity contribution is 6.02. The third-order valence-electron chi connectivity index (χ3n) is 5.66. The number of ketones is 2. The first-order chi connectivity index (χ1) is 16.9. The number of pyridine rings is 1. The maximum absolute atomic E-state index is 13.7. The lowest BCUT2D eigenvalue weighted by Gasteiger charge is -2.11. The van der Waals surface area contributed by atoms with Crippen molar-refractivity contribution < 1.29 is 23.5 Å². The summed E-state index contributed by atoms with van der Waals surface area (Å²) in [5.41, 5.74) is 2.95. The minimum atomic E-state index is -0.326. The monoisotopic (exact) mass is 473 g/mol. The number of imidazole rings is 1. The van der Waals surface area contributed by atoms with Crippen molar-refractivity contribution in [2.24, 2.45) is 0 Å². The van der Waals surface area contributed by atoms with Gasteiger partial charge in [-0.3, -0.25) is 9.59 Å². The van der Waals surface area contributed by atoms with E-state index < -0.39 is 0 Å². The molecule has 2 aromatic carbocycles. The second kappa shape index (κ2) is 10.3. The van der Waals surface area contributed by atoms with Crippen LogP contribution in [0.4, 0.5) is 4.39 Å². The van der Waals surface area contributed by atoms with E-state index in [1.165, 1.54) is 20.3 Å². The maximum atomic E-state index is 13.7. The summed E-state index contributed by atoms with van der Waals surface area (Å²) in [6.07, 6.45) is 5.08. The van der Waals surface area contributed by atoms with Crippen LogP contribution in [-0.4, -0.2) is 40.3 Å². The fourth-order valence-electron chi connectivity index (χ4n) is 3.73. The average molecular weight is 474 g/mol. The predicted octanol–water partition coefficient (Wildman–Crippen LogP) is 5.24. The molecule has 2 heterocycles. The maximum Gasteiger partial charge on any atom is 0.181 e. The summed E-state index contributed by atoms with van der Waals surface area (Å²) >= 11 is 0. The average Bonchev–Trinajstić information content (AvgIpc) is 3.42. The Morgan fingerprint density at radius 2 is 1.71 bits per heavy atom. The number of hydrogen-bond acceptors (Lipinski definition) is 6. The molecule has 8 heteroatoms. The smallest absolute Gasteiger partial charge is 0.181 e. The molecule has 0 aliphatic carbocycles. The van der Waals surface area contributed by atoms with Gasteiger partial charge in [0.1, 0.15) is 28.7 Å². The molecule has 0 spiro atoms. The van der Waals surface area contributed by atoms with Gasteiger partial charge < -0.3 is 14.0 Å². The third kappa shape index (κ3) is 5.11. The van der Waals surface area contributed by atoms with E-state index in [0.29, 0.717) is 33.9 Å². The third-order valence-corrected chi connectivity index (χ3v) is 5.66. The summed E-state index contributed by atoms with van der Waals surface area (Å²) in [5, 5.41) is 0. The minimum absolute atomic E-state index is 0.00830. The SMILES string of the molecule is COc1cc(C(=O)CCC(=O)c2ccc(OC)c(-c3ccc(F)c(C)c3)n2)ccc1-n1ccnc1. The van der Waals surface area contributed by atoms with Crippen molar-refractivity contribution in [2.75, 3.05) is 14.2 Å². The lowest BCUT2D eigenvalue weighted by molar-refractivity contribution is 0.0915. The van der Waals surface area contributed by atoms with Crippen LogP contribution in [0.1, 0.15) is 39.3 Å². The van der Waals surface area contributed by atoms with Crippen molar-refractivity contribution in [2.45, 2.75) is 19.8 Å². The summed E-state index contributed by atoms with van der Waals surface area (Å²) in [4.78, 5) is 34.2. The number of aryl methyl sites for hydroxylation is 1. The molecule has 0 bridgehead atoms. The Kier molecular flexibility index (Phi) is 7.01. The standard InChI is InChI=1S/C27H24FN3O4/c1-17-14-19(4-6-20(17)28)27-25(34-2)11-7-21(30-27)24(33)10-9-23(32)18-5-8-22(26(15-18)35-3)31-13-12-29-16-31/h4-8,11-16H,9-10H2,1-3H3. The molecular weight excluding hydrogens is 449 g/mol. The van der Waals surface area contributed by atoms with Gasteiger partial charge in [-0.25, -0.2) is 14.4 Å². The molecule has 0 atom stereocenters. The van der Waals surface area contributed by atoms with Gasteiger partial charge in [0, 0.05) is 36.4 Å². The Morgan fingerprint density at radius 1 is 0.943 bits per heavy atom. The molecule has 0 unspecified atom stereocenters. The van der Waals surface area contributed by atoms with Crippen molar-refractivity contribution >= 4 is 11.6 Å². The van der Waals surface area contributed by atoms with Crippen LogP contribution >= 0.6 is 0 Å². The summed E-state index contributed by atoms with van der Waals surface area (Å²) < 4.78 is 26.3. The number of hydrogen-bond donors (Lipinski definition) is 0. The molecule has 0 aliphatic rings. The number of aromatic nitrogens is 3. The Labute approximate surface area is 202 Å². The summed E-state index contributed by atoms with van der Waals surface area (Å²) in [6, 6.07) is 12.9. The van der Waals surface area contributed by atoms with Crippen LogP contribution in [0.2, 0.25) is 0 Å². The van der Waals surface area contributed by atoms with Gasteiger partial charge >= 0.3 is 0 Å². The lowest BCUT2D eigenvalue weighted by Crippen LogP contribution is -2.08. The van der Waals surface area contributed by atoms with Gasteiger partial charge in [0.15, 0.2) is 11.6 Å². The van der Waals surface area contributed by atoms with Gasteiger partial charge in [-0.05, 0) is 61.0 Å². The highest BCUT2D eigenvalue weighted by Gasteiger charge is 2.17. The molecule has 178 valence electrons. The van der Waals surface area contributed by atoms with Crippen LogP contribution in [0.15, 0.2) is 67.3 Å². The van der Waals surface area contributed by atoms with E-state index in [2.05, 4.69) is 9.97 Å². The first kappa shape index (κ1) is 23.8. The lowest BCUT2D eigenvalue weighted by atomic mass is 10.0. The zero-order valence-corrected chi connectivity index (χ0v) is 19.6. The fraction of sp³-hybridized carbons (Fsp3) is 0.185. The van der Waals surface area contributed by atoms with Crippen LogP contribution in [0.25, 0.3) is 16.9 Å².